The van der Waals surface area contributed by atoms with E-state index in [-0.39, 0.29) is 29.3 Å². The summed E-state index contributed by atoms with van der Waals surface area (Å²) >= 11 is 0. The third kappa shape index (κ3) is 4.75. The number of benzene rings is 1. The molecule has 0 atom stereocenters. The quantitative estimate of drug-likeness (QED) is 0.729. The van der Waals surface area contributed by atoms with Crippen LogP contribution in [0.4, 0.5) is 13.2 Å². The van der Waals surface area contributed by atoms with E-state index in [9.17, 15) is 21.6 Å². The Morgan fingerprint density at radius 2 is 1.97 bits per heavy atom. The van der Waals surface area contributed by atoms with Crippen LogP contribution in [0.2, 0.25) is 0 Å². The van der Waals surface area contributed by atoms with Gasteiger partial charge in [-0.15, -0.1) is 0 Å². The first-order valence-corrected chi connectivity index (χ1v) is 11.0. The van der Waals surface area contributed by atoms with Crippen LogP contribution >= 0.6 is 0 Å². The van der Waals surface area contributed by atoms with Crippen LogP contribution in [0.15, 0.2) is 23.1 Å². The lowest BCUT2D eigenvalue weighted by Crippen LogP contribution is -2.29. The van der Waals surface area contributed by atoms with Gasteiger partial charge in [-0.3, -0.25) is 4.68 Å². The van der Waals surface area contributed by atoms with Crippen LogP contribution in [-0.2, 0) is 35.6 Å². The second-order valence-electron chi connectivity index (χ2n) is 6.98. The van der Waals surface area contributed by atoms with Crippen LogP contribution in [0.1, 0.15) is 42.3 Å². The maximum absolute atomic E-state index is 13.3. The molecule has 10 heteroatoms. The summed E-state index contributed by atoms with van der Waals surface area (Å²) in [6.07, 6.45) is -2.17. The van der Waals surface area contributed by atoms with Gasteiger partial charge in [-0.05, 0) is 57.2 Å². The van der Waals surface area contributed by atoms with Gasteiger partial charge >= 0.3 is 6.18 Å². The number of aryl methyl sites for hydroxylation is 1. The predicted octanol–water partition coefficient (Wildman–Crippen LogP) is 3.47. The fourth-order valence-corrected chi connectivity index (χ4v) is 4.80. The molecular weight excluding hydrogens is 407 g/mol. The summed E-state index contributed by atoms with van der Waals surface area (Å²) in [7, 11) is -3.89. The Hall–Kier alpha value is -2.07. The molecule has 0 bridgehead atoms. The van der Waals surface area contributed by atoms with Crippen molar-refractivity contribution in [3.05, 3.63) is 40.7 Å². The summed E-state index contributed by atoms with van der Waals surface area (Å²) in [6, 6.07) is 4.84. The van der Waals surface area contributed by atoms with Crippen molar-refractivity contribution >= 4 is 10.0 Å². The Labute approximate surface area is 168 Å². The highest BCUT2D eigenvalue weighted by molar-refractivity contribution is 7.89. The smallest absolute Gasteiger partial charge is 0.435 e. The molecule has 1 N–H and O–H groups in total. The number of rotatable bonds is 7. The first-order valence-electron chi connectivity index (χ1n) is 9.52. The van der Waals surface area contributed by atoms with Gasteiger partial charge < -0.3 is 4.74 Å². The molecule has 1 aromatic carbocycles. The van der Waals surface area contributed by atoms with Gasteiger partial charge in [0.25, 0.3) is 0 Å². The number of nitrogens with one attached hydrogen (secondary N) is 1. The van der Waals surface area contributed by atoms with Crippen molar-refractivity contribution in [3.8, 4) is 5.75 Å². The minimum absolute atomic E-state index is 0.0119. The van der Waals surface area contributed by atoms with Gasteiger partial charge in [0.05, 0.1) is 13.2 Å². The van der Waals surface area contributed by atoms with E-state index in [1.54, 1.807) is 26.0 Å². The maximum Gasteiger partial charge on any atom is 0.435 e. The van der Waals surface area contributed by atoms with E-state index in [1.165, 1.54) is 10.7 Å². The number of hydrogen-bond donors (Lipinski definition) is 1. The normalized spacial score (nSPS) is 14.7. The highest BCUT2D eigenvalue weighted by atomic mass is 32.2. The van der Waals surface area contributed by atoms with Gasteiger partial charge in [-0.25, -0.2) is 13.1 Å². The molecule has 3 rings (SSSR count). The lowest BCUT2D eigenvalue weighted by molar-refractivity contribution is -0.142. The Bertz CT molecular complexity index is 985. The molecule has 0 saturated carbocycles. The molecule has 1 aliphatic carbocycles. The van der Waals surface area contributed by atoms with E-state index in [4.69, 9.17) is 4.74 Å². The number of fused-ring (bicyclic) bond motifs is 1. The van der Waals surface area contributed by atoms with Crippen molar-refractivity contribution < 1.29 is 26.3 Å². The van der Waals surface area contributed by atoms with Crippen LogP contribution < -0.4 is 9.46 Å². The fraction of sp³-hybridized carbons (Fsp3) is 0.526. The van der Waals surface area contributed by atoms with Gasteiger partial charge in [-0.1, -0.05) is 6.07 Å². The summed E-state index contributed by atoms with van der Waals surface area (Å²) in [5.41, 5.74) is 0.689. The second kappa shape index (κ2) is 8.35. The van der Waals surface area contributed by atoms with Gasteiger partial charge in [0.1, 0.15) is 10.6 Å². The molecule has 0 saturated heterocycles. The van der Waals surface area contributed by atoms with Crippen molar-refractivity contribution in [2.24, 2.45) is 0 Å². The van der Waals surface area contributed by atoms with E-state index in [0.717, 1.165) is 12.0 Å². The predicted molar refractivity (Wildman–Crippen MR) is 101 cm³/mol. The molecule has 6 nitrogen and oxygen atoms in total. The summed E-state index contributed by atoms with van der Waals surface area (Å²) in [5.74, 6) is 0.237. The van der Waals surface area contributed by atoms with Crippen LogP contribution in [0, 0.1) is 6.92 Å². The minimum atomic E-state index is -4.51. The number of sulfonamides is 1. The number of ether oxygens (including phenoxy) is 1. The fourth-order valence-electron chi connectivity index (χ4n) is 3.55. The van der Waals surface area contributed by atoms with Gasteiger partial charge in [0.15, 0.2) is 5.69 Å². The van der Waals surface area contributed by atoms with Crippen LogP contribution in [0.5, 0.6) is 5.75 Å². The van der Waals surface area contributed by atoms with Crippen molar-refractivity contribution in [1.82, 2.24) is 14.5 Å². The monoisotopic (exact) mass is 431 g/mol. The molecule has 160 valence electrons. The summed E-state index contributed by atoms with van der Waals surface area (Å²) in [4.78, 5) is 0.0119. The SMILES string of the molecule is CCOc1ccc(C)cc1S(=O)(=O)NCCn1nc(C(F)(F)F)c2c1CCCC2. The zero-order valence-corrected chi connectivity index (χ0v) is 17.2. The van der Waals surface area contributed by atoms with Crippen molar-refractivity contribution in [2.45, 2.75) is 57.1 Å². The van der Waals surface area contributed by atoms with Crippen LogP contribution in [-0.4, -0.2) is 31.3 Å². The lowest BCUT2D eigenvalue weighted by atomic mass is 9.95. The molecule has 1 aromatic heterocycles. The average molecular weight is 431 g/mol. The molecule has 2 aromatic rings. The Kier molecular flexibility index (Phi) is 6.23. The van der Waals surface area contributed by atoms with Gasteiger partial charge in [0, 0.05) is 17.8 Å². The largest absolute Gasteiger partial charge is 0.492 e. The molecule has 1 aliphatic rings. The molecule has 0 fully saturated rings. The zero-order valence-electron chi connectivity index (χ0n) is 16.3. The minimum Gasteiger partial charge on any atom is -0.492 e. The highest BCUT2D eigenvalue weighted by Crippen LogP contribution is 2.35. The number of aromatic nitrogens is 2. The van der Waals surface area contributed by atoms with Crippen LogP contribution in [0.3, 0.4) is 0 Å². The summed E-state index contributed by atoms with van der Waals surface area (Å²) < 4.78 is 74.4. The molecule has 0 spiro atoms. The second-order valence-corrected chi connectivity index (χ2v) is 8.72. The molecule has 29 heavy (non-hydrogen) atoms. The van der Waals surface area contributed by atoms with Crippen LogP contribution in [0.25, 0.3) is 0 Å². The van der Waals surface area contributed by atoms with Gasteiger partial charge in [0.2, 0.25) is 10.0 Å². The topological polar surface area (TPSA) is 73.2 Å². The van der Waals surface area contributed by atoms with Crippen molar-refractivity contribution in [1.29, 1.82) is 0 Å². The van der Waals surface area contributed by atoms with E-state index in [1.807, 2.05) is 0 Å². The van der Waals surface area contributed by atoms with E-state index >= 15 is 0 Å². The third-order valence-corrected chi connectivity index (χ3v) is 6.31. The first-order chi connectivity index (χ1) is 13.6. The zero-order chi connectivity index (χ0) is 21.2. The summed E-state index contributed by atoms with van der Waals surface area (Å²) in [6.45, 7) is 3.78. The molecule has 0 radical (unpaired) electrons. The average Bonchev–Trinajstić information content (AvgIpc) is 3.02. The standard InChI is InChI=1S/C19H24F3N3O3S/c1-3-28-16-9-8-13(2)12-17(16)29(26,27)23-10-11-25-15-7-5-4-6-14(15)18(24-25)19(20,21)22/h8-9,12,23H,3-7,10-11H2,1-2H3. The number of alkyl halides is 3. The Balaban J connectivity index is 1.78. The van der Waals surface area contributed by atoms with E-state index < -0.39 is 21.9 Å². The number of hydrogen-bond acceptors (Lipinski definition) is 4. The highest BCUT2D eigenvalue weighted by Gasteiger charge is 2.39. The molecular formula is C19H24F3N3O3S. The maximum atomic E-state index is 13.3. The van der Waals surface area contributed by atoms with Crippen molar-refractivity contribution in [2.75, 3.05) is 13.2 Å². The van der Waals surface area contributed by atoms with Gasteiger partial charge in [-0.2, -0.15) is 18.3 Å². The summed E-state index contributed by atoms with van der Waals surface area (Å²) in [5, 5.41) is 3.75. The van der Waals surface area contributed by atoms with E-state index in [0.29, 0.717) is 31.6 Å². The van der Waals surface area contributed by atoms with Crippen molar-refractivity contribution in [3.63, 3.8) is 0 Å². The number of halogens is 3. The molecule has 0 aliphatic heterocycles. The Morgan fingerprint density at radius 1 is 1.24 bits per heavy atom. The third-order valence-electron chi connectivity index (χ3n) is 4.83. The molecule has 0 unspecified atom stereocenters. The van der Waals surface area contributed by atoms with E-state index in [2.05, 4.69) is 9.82 Å². The molecule has 1 heterocycles. The lowest BCUT2D eigenvalue weighted by Gasteiger charge is -2.15. The first kappa shape index (κ1) is 21.6. The number of nitrogens with zero attached hydrogens (tertiary/aromatic N) is 2. The molecule has 0 amide bonds. The Morgan fingerprint density at radius 3 is 2.66 bits per heavy atom.